The highest BCUT2D eigenvalue weighted by Gasteiger charge is 2.52. The van der Waals surface area contributed by atoms with Gasteiger partial charge < -0.3 is 9.84 Å². The van der Waals surface area contributed by atoms with Crippen molar-refractivity contribution in [3.8, 4) is 5.75 Å². The van der Waals surface area contributed by atoms with Crippen LogP contribution in [0.15, 0.2) is 12.1 Å². The van der Waals surface area contributed by atoms with Gasteiger partial charge in [-0.05, 0) is 37.0 Å². The van der Waals surface area contributed by atoms with Crippen LogP contribution in [-0.4, -0.2) is 18.2 Å². The molecule has 1 aliphatic rings. The summed E-state index contributed by atoms with van der Waals surface area (Å²) in [4.78, 5) is 11.1. The van der Waals surface area contributed by atoms with Crippen LogP contribution in [0.3, 0.4) is 0 Å². The molecule has 16 heavy (non-hydrogen) atoms. The number of ether oxygens (including phenoxy) is 1. The third kappa shape index (κ3) is 1.45. The molecule has 0 heterocycles. The Morgan fingerprint density at radius 1 is 1.50 bits per heavy atom. The third-order valence-corrected chi connectivity index (χ3v) is 3.15. The quantitative estimate of drug-likeness (QED) is 0.856. The van der Waals surface area contributed by atoms with E-state index in [1.807, 2.05) is 0 Å². The van der Waals surface area contributed by atoms with Crippen LogP contribution in [-0.2, 0) is 10.2 Å². The van der Waals surface area contributed by atoms with Gasteiger partial charge in [0.25, 0.3) is 0 Å². The van der Waals surface area contributed by atoms with Crippen molar-refractivity contribution in [3.63, 3.8) is 0 Å². The first kappa shape index (κ1) is 10.9. The van der Waals surface area contributed by atoms with Gasteiger partial charge in [-0.15, -0.1) is 0 Å². The zero-order valence-corrected chi connectivity index (χ0v) is 9.21. The average molecular weight is 224 g/mol. The monoisotopic (exact) mass is 224 g/mol. The lowest BCUT2D eigenvalue weighted by atomic mass is 9.94. The maximum atomic E-state index is 13.5. The maximum absolute atomic E-state index is 13.5. The lowest BCUT2D eigenvalue weighted by Gasteiger charge is -2.13. The second-order valence-corrected chi connectivity index (χ2v) is 4.20. The zero-order valence-electron chi connectivity index (χ0n) is 9.21. The molecule has 1 aromatic carbocycles. The van der Waals surface area contributed by atoms with Gasteiger partial charge in [0.15, 0.2) is 11.6 Å². The average Bonchev–Trinajstić information content (AvgIpc) is 3.02. The number of rotatable bonds is 3. The van der Waals surface area contributed by atoms with Crippen LogP contribution in [0.5, 0.6) is 5.75 Å². The summed E-state index contributed by atoms with van der Waals surface area (Å²) in [6.45, 7) is 1.61. The molecule has 0 atom stereocenters. The Labute approximate surface area is 92.9 Å². The van der Waals surface area contributed by atoms with Gasteiger partial charge in [-0.25, -0.2) is 4.39 Å². The minimum atomic E-state index is -0.847. The first-order valence-electron chi connectivity index (χ1n) is 5.09. The maximum Gasteiger partial charge on any atom is 0.314 e. The summed E-state index contributed by atoms with van der Waals surface area (Å²) in [6.07, 6.45) is 1.22. The topological polar surface area (TPSA) is 46.5 Å². The molecule has 3 nitrogen and oxygen atoms in total. The minimum Gasteiger partial charge on any atom is -0.494 e. The number of benzene rings is 1. The molecule has 0 spiro atoms. The van der Waals surface area contributed by atoms with E-state index in [9.17, 15) is 9.18 Å². The van der Waals surface area contributed by atoms with Gasteiger partial charge in [-0.2, -0.15) is 0 Å². The van der Waals surface area contributed by atoms with E-state index in [1.165, 1.54) is 13.2 Å². The molecule has 1 N–H and O–H groups in total. The minimum absolute atomic E-state index is 0.113. The van der Waals surface area contributed by atoms with Crippen LogP contribution in [0.4, 0.5) is 4.39 Å². The van der Waals surface area contributed by atoms with Gasteiger partial charge >= 0.3 is 5.97 Å². The van der Waals surface area contributed by atoms with Crippen molar-refractivity contribution in [1.82, 2.24) is 0 Å². The summed E-state index contributed by atoms with van der Waals surface area (Å²) in [5.74, 6) is -1.16. The standard InChI is InChI=1S/C12H13FO3/c1-7-5-8(6-9(16-2)10(7)13)12(3-4-12)11(14)15/h5-6H,3-4H2,1-2H3,(H,14,15). The molecule has 4 heteroatoms. The number of carboxylic acids is 1. The fourth-order valence-electron chi connectivity index (χ4n) is 1.91. The van der Waals surface area contributed by atoms with Gasteiger partial charge in [0.2, 0.25) is 0 Å². The fraction of sp³-hybridized carbons (Fsp3) is 0.417. The molecule has 1 aliphatic carbocycles. The van der Waals surface area contributed by atoms with Crippen molar-refractivity contribution in [2.75, 3.05) is 7.11 Å². The smallest absolute Gasteiger partial charge is 0.314 e. The second-order valence-electron chi connectivity index (χ2n) is 4.20. The Morgan fingerprint density at radius 3 is 2.56 bits per heavy atom. The summed E-state index contributed by atoms with van der Waals surface area (Å²) in [7, 11) is 1.38. The highest BCUT2D eigenvalue weighted by Crippen LogP contribution is 2.49. The number of hydrogen-bond acceptors (Lipinski definition) is 2. The SMILES string of the molecule is COc1cc(C2(C(=O)O)CC2)cc(C)c1F. The molecule has 0 unspecified atom stereocenters. The molecular formula is C12H13FO3. The summed E-state index contributed by atoms with van der Waals surface area (Å²) < 4.78 is 18.4. The van der Waals surface area contributed by atoms with Crippen molar-refractivity contribution in [3.05, 3.63) is 29.1 Å². The molecule has 0 aliphatic heterocycles. The van der Waals surface area contributed by atoms with E-state index in [1.54, 1.807) is 13.0 Å². The predicted octanol–water partition coefficient (Wildman–Crippen LogP) is 2.26. The first-order valence-corrected chi connectivity index (χ1v) is 5.09. The molecular weight excluding hydrogens is 211 g/mol. The van der Waals surface area contributed by atoms with Gasteiger partial charge in [0.1, 0.15) is 0 Å². The number of methoxy groups -OCH3 is 1. The molecule has 1 fully saturated rings. The molecule has 1 aromatic rings. The van der Waals surface area contributed by atoms with Gasteiger partial charge in [-0.1, -0.05) is 6.07 Å². The van der Waals surface area contributed by atoms with Crippen LogP contribution in [0.2, 0.25) is 0 Å². The number of aryl methyl sites for hydroxylation is 1. The van der Waals surface area contributed by atoms with Crippen molar-refractivity contribution in [1.29, 1.82) is 0 Å². The number of carbonyl (C=O) groups is 1. The van der Waals surface area contributed by atoms with Gasteiger partial charge in [-0.3, -0.25) is 4.79 Å². The summed E-state index contributed by atoms with van der Waals surface area (Å²) in [6, 6.07) is 3.09. The van der Waals surface area contributed by atoms with E-state index in [4.69, 9.17) is 9.84 Å². The number of halogens is 1. The largest absolute Gasteiger partial charge is 0.494 e. The van der Waals surface area contributed by atoms with Crippen LogP contribution in [0.1, 0.15) is 24.0 Å². The third-order valence-electron chi connectivity index (χ3n) is 3.15. The van der Waals surface area contributed by atoms with E-state index in [-0.39, 0.29) is 5.75 Å². The first-order chi connectivity index (χ1) is 7.51. The zero-order chi connectivity index (χ0) is 11.9. The molecule has 0 amide bonds. The van der Waals surface area contributed by atoms with E-state index in [2.05, 4.69) is 0 Å². The van der Waals surface area contributed by atoms with Crippen molar-refractivity contribution < 1.29 is 19.0 Å². The van der Waals surface area contributed by atoms with Crippen LogP contribution < -0.4 is 4.74 Å². The number of hydrogen-bond donors (Lipinski definition) is 1. The Bertz CT molecular complexity index is 450. The molecule has 0 bridgehead atoms. The summed E-state index contributed by atoms with van der Waals surface area (Å²) in [5, 5.41) is 9.15. The Morgan fingerprint density at radius 2 is 2.12 bits per heavy atom. The van der Waals surface area contributed by atoms with E-state index >= 15 is 0 Å². The normalized spacial score (nSPS) is 16.9. The van der Waals surface area contributed by atoms with Crippen molar-refractivity contribution in [2.45, 2.75) is 25.2 Å². The van der Waals surface area contributed by atoms with E-state index in [0.717, 1.165) is 0 Å². The van der Waals surface area contributed by atoms with Crippen LogP contribution >= 0.6 is 0 Å². The highest BCUT2D eigenvalue weighted by molar-refractivity contribution is 5.85. The molecule has 0 radical (unpaired) electrons. The van der Waals surface area contributed by atoms with Crippen LogP contribution in [0.25, 0.3) is 0 Å². The predicted molar refractivity (Wildman–Crippen MR) is 56.2 cm³/mol. The highest BCUT2D eigenvalue weighted by atomic mass is 19.1. The molecule has 0 saturated heterocycles. The Kier molecular flexibility index (Phi) is 2.37. The fourth-order valence-corrected chi connectivity index (χ4v) is 1.91. The lowest BCUT2D eigenvalue weighted by molar-refractivity contribution is -0.140. The number of aliphatic carboxylic acids is 1. The summed E-state index contributed by atoms with van der Waals surface area (Å²) >= 11 is 0. The van der Waals surface area contributed by atoms with Crippen molar-refractivity contribution >= 4 is 5.97 Å². The Hall–Kier alpha value is -1.58. The molecule has 1 saturated carbocycles. The van der Waals surface area contributed by atoms with E-state index in [0.29, 0.717) is 24.0 Å². The Balaban J connectivity index is 2.51. The number of carboxylic acid groups (broad SMARTS) is 1. The van der Waals surface area contributed by atoms with Gasteiger partial charge in [0.05, 0.1) is 12.5 Å². The van der Waals surface area contributed by atoms with E-state index < -0.39 is 17.2 Å². The lowest BCUT2D eigenvalue weighted by Crippen LogP contribution is -2.19. The summed E-state index contributed by atoms with van der Waals surface area (Å²) in [5.41, 5.74) is 0.240. The molecule has 2 rings (SSSR count). The van der Waals surface area contributed by atoms with Crippen LogP contribution in [0, 0.1) is 12.7 Å². The van der Waals surface area contributed by atoms with Crippen molar-refractivity contribution in [2.24, 2.45) is 0 Å². The molecule has 86 valence electrons. The second kappa shape index (κ2) is 3.47. The van der Waals surface area contributed by atoms with Gasteiger partial charge in [0, 0.05) is 0 Å². The molecule has 0 aromatic heterocycles.